The summed E-state index contributed by atoms with van der Waals surface area (Å²) >= 11 is 5.76. The summed E-state index contributed by atoms with van der Waals surface area (Å²) in [4.78, 5) is 11.6. The summed E-state index contributed by atoms with van der Waals surface area (Å²) in [6, 6.07) is 4.38. The lowest BCUT2D eigenvalue weighted by Gasteiger charge is -2.09. The minimum Gasteiger partial charge on any atom is -0.398 e. The molecule has 3 N–H and O–H groups in total. The maximum atomic E-state index is 11.6. The number of amides is 1. The molecule has 0 spiro atoms. The van der Waals surface area contributed by atoms with Crippen LogP contribution < -0.4 is 11.1 Å². The highest BCUT2D eigenvalue weighted by molar-refractivity contribution is 6.31. The second-order valence-corrected chi connectivity index (χ2v) is 3.53. The van der Waals surface area contributed by atoms with E-state index >= 15 is 0 Å². The summed E-state index contributed by atoms with van der Waals surface area (Å²) in [6.45, 7) is 1.71. The molecule has 1 aromatic rings. The number of benzene rings is 1. The maximum absolute atomic E-state index is 11.6. The molecule has 1 rings (SSSR count). The first-order valence-corrected chi connectivity index (χ1v) is 4.74. The van der Waals surface area contributed by atoms with Crippen molar-refractivity contribution in [2.75, 3.05) is 5.73 Å². The molecule has 1 atom stereocenters. The van der Waals surface area contributed by atoms with Crippen LogP contribution in [-0.4, -0.2) is 11.9 Å². The summed E-state index contributed by atoms with van der Waals surface area (Å²) in [7, 11) is 0. The summed E-state index contributed by atoms with van der Waals surface area (Å²) in [6.07, 6.45) is 5.14. The molecular weight excluding hydrogens is 212 g/mol. The molecule has 1 unspecified atom stereocenters. The third-order valence-corrected chi connectivity index (χ3v) is 2.09. The van der Waals surface area contributed by atoms with Crippen LogP contribution in [0.5, 0.6) is 0 Å². The van der Waals surface area contributed by atoms with E-state index in [4.69, 9.17) is 23.8 Å². The van der Waals surface area contributed by atoms with Crippen LogP contribution in [0.4, 0.5) is 5.69 Å². The fourth-order valence-electron chi connectivity index (χ4n) is 1.04. The zero-order valence-corrected chi connectivity index (χ0v) is 9.01. The van der Waals surface area contributed by atoms with Gasteiger partial charge in [0.05, 0.1) is 11.6 Å². The topological polar surface area (TPSA) is 55.1 Å². The average Bonchev–Trinajstić information content (AvgIpc) is 2.21. The van der Waals surface area contributed by atoms with Gasteiger partial charge in [0.15, 0.2) is 0 Å². The molecule has 0 aliphatic heterocycles. The Bertz CT molecular complexity index is 423. The Morgan fingerprint density at radius 2 is 2.33 bits per heavy atom. The van der Waals surface area contributed by atoms with Crippen LogP contribution in [0.1, 0.15) is 17.3 Å². The smallest absolute Gasteiger partial charge is 0.254 e. The van der Waals surface area contributed by atoms with Gasteiger partial charge in [-0.3, -0.25) is 4.79 Å². The highest BCUT2D eigenvalue weighted by Crippen LogP contribution is 2.17. The quantitative estimate of drug-likeness (QED) is 0.591. The van der Waals surface area contributed by atoms with Crippen LogP contribution in [0.2, 0.25) is 5.02 Å². The van der Waals surface area contributed by atoms with Gasteiger partial charge in [0.25, 0.3) is 5.91 Å². The zero-order chi connectivity index (χ0) is 11.4. The van der Waals surface area contributed by atoms with Crippen LogP contribution in [0.15, 0.2) is 18.2 Å². The van der Waals surface area contributed by atoms with Crippen molar-refractivity contribution in [3.8, 4) is 12.3 Å². The number of terminal acetylenes is 1. The summed E-state index contributed by atoms with van der Waals surface area (Å²) < 4.78 is 0. The van der Waals surface area contributed by atoms with Gasteiger partial charge < -0.3 is 11.1 Å². The number of hydrogen-bond acceptors (Lipinski definition) is 2. The van der Waals surface area contributed by atoms with Gasteiger partial charge in [-0.25, -0.2) is 0 Å². The van der Waals surface area contributed by atoms with Gasteiger partial charge in [-0.05, 0) is 25.1 Å². The number of anilines is 1. The predicted octanol–water partition coefficient (Wildman–Crippen LogP) is 1.67. The lowest BCUT2D eigenvalue weighted by molar-refractivity contribution is 0.0949. The SMILES string of the molecule is C#CC(C)NC(=O)c1cc(Cl)ccc1N. The highest BCUT2D eigenvalue weighted by Gasteiger charge is 2.11. The lowest BCUT2D eigenvalue weighted by atomic mass is 10.1. The third kappa shape index (κ3) is 2.90. The summed E-state index contributed by atoms with van der Waals surface area (Å²) in [5, 5.41) is 3.06. The largest absolute Gasteiger partial charge is 0.398 e. The molecule has 4 heteroatoms. The summed E-state index contributed by atoms with van der Waals surface area (Å²) in [5.74, 6) is 2.07. The Morgan fingerprint density at radius 3 is 2.93 bits per heavy atom. The van der Waals surface area contributed by atoms with Gasteiger partial charge in [-0.1, -0.05) is 17.5 Å². The Morgan fingerprint density at radius 1 is 1.67 bits per heavy atom. The molecule has 3 nitrogen and oxygen atoms in total. The number of carbonyl (C=O) groups is 1. The lowest BCUT2D eigenvalue weighted by Crippen LogP contribution is -2.31. The highest BCUT2D eigenvalue weighted by atomic mass is 35.5. The molecule has 0 saturated carbocycles. The molecule has 0 fully saturated rings. The van der Waals surface area contributed by atoms with Crippen LogP contribution in [0.3, 0.4) is 0 Å². The van der Waals surface area contributed by atoms with Crippen LogP contribution in [0, 0.1) is 12.3 Å². The van der Waals surface area contributed by atoms with E-state index in [1.807, 2.05) is 0 Å². The summed E-state index contributed by atoms with van der Waals surface area (Å²) in [5.41, 5.74) is 6.35. The van der Waals surface area contributed by atoms with Gasteiger partial charge in [0, 0.05) is 10.7 Å². The van der Waals surface area contributed by atoms with Gasteiger partial charge in [-0.2, -0.15) is 0 Å². The molecule has 0 saturated heterocycles. The van der Waals surface area contributed by atoms with E-state index in [0.717, 1.165) is 0 Å². The number of nitrogens with one attached hydrogen (secondary N) is 1. The first kappa shape index (κ1) is 11.4. The van der Waals surface area contributed by atoms with Crippen molar-refractivity contribution >= 4 is 23.2 Å². The average molecular weight is 223 g/mol. The normalized spacial score (nSPS) is 11.5. The molecule has 1 amide bonds. The Hall–Kier alpha value is -1.66. The van der Waals surface area contributed by atoms with Gasteiger partial charge >= 0.3 is 0 Å². The van der Waals surface area contributed by atoms with Crippen molar-refractivity contribution in [2.45, 2.75) is 13.0 Å². The second-order valence-electron chi connectivity index (χ2n) is 3.09. The van der Waals surface area contributed by atoms with Gasteiger partial charge in [0.2, 0.25) is 0 Å². The number of carbonyl (C=O) groups excluding carboxylic acids is 1. The molecule has 0 aromatic heterocycles. The van der Waals surface area contributed by atoms with Crippen molar-refractivity contribution in [3.05, 3.63) is 28.8 Å². The molecular formula is C11H11ClN2O. The van der Waals surface area contributed by atoms with Crippen LogP contribution in [0.25, 0.3) is 0 Å². The Kier molecular flexibility index (Phi) is 3.59. The molecule has 0 aliphatic carbocycles. The van der Waals surface area contributed by atoms with E-state index in [0.29, 0.717) is 16.3 Å². The molecule has 1 aromatic carbocycles. The number of nitrogen functional groups attached to an aromatic ring is 1. The van der Waals surface area contributed by atoms with E-state index in [9.17, 15) is 4.79 Å². The minimum absolute atomic E-state index is 0.319. The predicted molar refractivity (Wildman–Crippen MR) is 61.6 cm³/mol. The number of halogens is 1. The fourth-order valence-corrected chi connectivity index (χ4v) is 1.21. The fraction of sp³-hybridized carbons (Fsp3) is 0.182. The van der Waals surface area contributed by atoms with Crippen molar-refractivity contribution < 1.29 is 4.79 Å². The minimum atomic E-state index is -0.337. The van der Waals surface area contributed by atoms with Crippen molar-refractivity contribution in [1.29, 1.82) is 0 Å². The third-order valence-electron chi connectivity index (χ3n) is 1.86. The van der Waals surface area contributed by atoms with Gasteiger partial charge in [-0.15, -0.1) is 6.42 Å². The van der Waals surface area contributed by atoms with E-state index in [2.05, 4.69) is 11.2 Å². The van der Waals surface area contributed by atoms with E-state index in [1.165, 1.54) is 6.07 Å². The van der Waals surface area contributed by atoms with Crippen molar-refractivity contribution in [2.24, 2.45) is 0 Å². The molecule has 0 heterocycles. The first-order chi connectivity index (χ1) is 7.04. The van der Waals surface area contributed by atoms with E-state index in [-0.39, 0.29) is 11.9 Å². The molecule has 0 radical (unpaired) electrons. The first-order valence-electron chi connectivity index (χ1n) is 4.36. The second kappa shape index (κ2) is 4.72. The van der Waals surface area contributed by atoms with Crippen molar-refractivity contribution in [3.63, 3.8) is 0 Å². The Balaban J connectivity index is 2.92. The van der Waals surface area contributed by atoms with Gasteiger partial charge in [0.1, 0.15) is 0 Å². The van der Waals surface area contributed by atoms with Crippen LogP contribution >= 0.6 is 11.6 Å². The standard InChI is InChI=1S/C11H11ClN2O/c1-3-7(2)14-11(15)9-6-8(12)4-5-10(9)13/h1,4-7H,13H2,2H3,(H,14,15). The number of nitrogens with two attached hydrogens (primary N) is 1. The number of rotatable bonds is 2. The Labute approximate surface area is 93.6 Å². The maximum Gasteiger partial charge on any atom is 0.254 e. The van der Waals surface area contributed by atoms with E-state index < -0.39 is 0 Å². The number of hydrogen-bond donors (Lipinski definition) is 2. The van der Waals surface area contributed by atoms with E-state index in [1.54, 1.807) is 19.1 Å². The molecule has 78 valence electrons. The molecule has 15 heavy (non-hydrogen) atoms. The molecule has 0 bridgehead atoms. The molecule has 0 aliphatic rings. The van der Waals surface area contributed by atoms with Crippen LogP contribution in [-0.2, 0) is 0 Å². The monoisotopic (exact) mass is 222 g/mol. The zero-order valence-electron chi connectivity index (χ0n) is 8.25. The van der Waals surface area contributed by atoms with Crippen molar-refractivity contribution in [1.82, 2.24) is 5.32 Å².